The van der Waals surface area contributed by atoms with Crippen molar-refractivity contribution >= 4 is 27.3 Å². The number of rotatable bonds is 5. The molecule has 1 unspecified atom stereocenters. The first-order valence-corrected chi connectivity index (χ1v) is 7.25. The number of benzene rings is 1. The van der Waals surface area contributed by atoms with Crippen LogP contribution in [0.1, 0.15) is 16.5 Å². The Kier molecular flexibility index (Phi) is 4.71. The van der Waals surface area contributed by atoms with E-state index in [4.69, 9.17) is 0 Å². The van der Waals surface area contributed by atoms with Crippen molar-refractivity contribution in [2.45, 2.75) is 12.3 Å². The lowest BCUT2D eigenvalue weighted by Gasteiger charge is -2.15. The molecule has 2 aromatic rings. The van der Waals surface area contributed by atoms with Gasteiger partial charge in [0.1, 0.15) is 0 Å². The molecule has 0 bridgehead atoms. The summed E-state index contributed by atoms with van der Waals surface area (Å²) in [6.07, 6.45) is 2.87. The summed E-state index contributed by atoms with van der Waals surface area (Å²) in [5, 5.41) is 6.50. The molecular weight excluding hydrogens is 296 g/mol. The van der Waals surface area contributed by atoms with Crippen LogP contribution in [0.5, 0.6) is 0 Å². The second-order valence-corrected chi connectivity index (χ2v) is 5.83. The SMILES string of the molecule is CNCC(Cc1nccs1)c1ccc(Br)cc1. The minimum absolute atomic E-state index is 0.485. The van der Waals surface area contributed by atoms with E-state index in [1.807, 2.05) is 18.6 Å². The van der Waals surface area contributed by atoms with E-state index in [0.29, 0.717) is 5.92 Å². The van der Waals surface area contributed by atoms with Crippen molar-refractivity contribution in [2.75, 3.05) is 13.6 Å². The molecule has 0 amide bonds. The molecule has 1 N–H and O–H groups in total. The standard InChI is InChI=1S/C13H15BrN2S/c1-15-9-11(8-13-16-6-7-17-13)10-2-4-12(14)5-3-10/h2-7,11,15H,8-9H2,1H3. The molecule has 2 nitrogen and oxygen atoms in total. The highest BCUT2D eigenvalue weighted by Gasteiger charge is 2.12. The Labute approximate surface area is 114 Å². The van der Waals surface area contributed by atoms with Gasteiger partial charge in [0, 0.05) is 34.9 Å². The van der Waals surface area contributed by atoms with Crippen LogP contribution in [0.3, 0.4) is 0 Å². The van der Waals surface area contributed by atoms with Gasteiger partial charge in [-0.05, 0) is 24.7 Å². The largest absolute Gasteiger partial charge is 0.319 e. The number of nitrogens with zero attached hydrogens (tertiary/aromatic N) is 1. The maximum Gasteiger partial charge on any atom is 0.0931 e. The fraction of sp³-hybridized carbons (Fsp3) is 0.308. The van der Waals surface area contributed by atoms with E-state index in [0.717, 1.165) is 17.4 Å². The van der Waals surface area contributed by atoms with Crippen molar-refractivity contribution < 1.29 is 0 Å². The summed E-state index contributed by atoms with van der Waals surface area (Å²) in [6.45, 7) is 0.973. The second kappa shape index (κ2) is 6.28. The monoisotopic (exact) mass is 310 g/mol. The van der Waals surface area contributed by atoms with E-state index in [9.17, 15) is 0 Å². The fourth-order valence-corrected chi connectivity index (χ4v) is 2.82. The van der Waals surface area contributed by atoms with Gasteiger partial charge < -0.3 is 5.32 Å². The van der Waals surface area contributed by atoms with Crippen molar-refractivity contribution in [3.63, 3.8) is 0 Å². The maximum absolute atomic E-state index is 4.36. The van der Waals surface area contributed by atoms with Crippen LogP contribution in [0.2, 0.25) is 0 Å². The highest BCUT2D eigenvalue weighted by atomic mass is 79.9. The van der Waals surface area contributed by atoms with Gasteiger partial charge in [-0.1, -0.05) is 28.1 Å². The third kappa shape index (κ3) is 3.63. The number of nitrogens with one attached hydrogen (secondary N) is 1. The first kappa shape index (κ1) is 12.7. The van der Waals surface area contributed by atoms with Crippen LogP contribution in [0.25, 0.3) is 0 Å². The van der Waals surface area contributed by atoms with Gasteiger partial charge in [0.2, 0.25) is 0 Å². The molecule has 2 rings (SSSR count). The molecule has 0 aliphatic heterocycles. The van der Waals surface area contributed by atoms with E-state index in [1.54, 1.807) is 11.3 Å². The molecule has 90 valence electrons. The van der Waals surface area contributed by atoms with Crippen LogP contribution in [0.15, 0.2) is 40.3 Å². The van der Waals surface area contributed by atoms with Gasteiger partial charge in [-0.3, -0.25) is 0 Å². The van der Waals surface area contributed by atoms with Crippen molar-refractivity contribution in [1.29, 1.82) is 0 Å². The second-order valence-electron chi connectivity index (χ2n) is 3.94. The summed E-state index contributed by atoms with van der Waals surface area (Å²) >= 11 is 5.20. The lowest BCUT2D eigenvalue weighted by molar-refractivity contribution is 0.624. The molecule has 4 heteroatoms. The van der Waals surface area contributed by atoms with Crippen molar-refractivity contribution in [3.8, 4) is 0 Å². The van der Waals surface area contributed by atoms with E-state index < -0.39 is 0 Å². The predicted octanol–water partition coefficient (Wildman–Crippen LogP) is 3.45. The van der Waals surface area contributed by atoms with Gasteiger partial charge in [0.25, 0.3) is 0 Å². The molecule has 0 saturated carbocycles. The van der Waals surface area contributed by atoms with Crippen LogP contribution < -0.4 is 5.32 Å². The van der Waals surface area contributed by atoms with E-state index in [-0.39, 0.29) is 0 Å². The first-order valence-electron chi connectivity index (χ1n) is 5.58. The highest BCUT2D eigenvalue weighted by molar-refractivity contribution is 9.10. The van der Waals surface area contributed by atoms with E-state index in [2.05, 4.69) is 50.5 Å². The van der Waals surface area contributed by atoms with Gasteiger partial charge >= 0.3 is 0 Å². The van der Waals surface area contributed by atoms with Crippen LogP contribution in [0.4, 0.5) is 0 Å². The van der Waals surface area contributed by atoms with Gasteiger partial charge in [-0.2, -0.15) is 0 Å². The van der Waals surface area contributed by atoms with Gasteiger partial charge in [-0.15, -0.1) is 11.3 Å². The highest BCUT2D eigenvalue weighted by Crippen LogP contribution is 2.23. The molecule has 0 aliphatic rings. The molecule has 0 spiro atoms. The summed E-state index contributed by atoms with van der Waals surface area (Å²) in [6, 6.07) is 8.55. The Bertz CT molecular complexity index is 439. The normalized spacial score (nSPS) is 12.6. The number of likely N-dealkylation sites (N-methyl/N-ethyl adjacent to an activating group) is 1. The van der Waals surface area contributed by atoms with E-state index >= 15 is 0 Å². The van der Waals surface area contributed by atoms with Crippen molar-refractivity contribution in [1.82, 2.24) is 10.3 Å². The average Bonchev–Trinajstić information content (AvgIpc) is 2.82. The summed E-state index contributed by atoms with van der Waals surface area (Å²) < 4.78 is 1.12. The summed E-state index contributed by atoms with van der Waals surface area (Å²) in [4.78, 5) is 4.36. The maximum atomic E-state index is 4.36. The van der Waals surface area contributed by atoms with Gasteiger partial charge in [0.15, 0.2) is 0 Å². The number of aromatic nitrogens is 1. The number of hydrogen-bond acceptors (Lipinski definition) is 3. The van der Waals surface area contributed by atoms with Crippen LogP contribution in [0, 0.1) is 0 Å². The third-order valence-corrected chi connectivity index (χ3v) is 4.03. The van der Waals surface area contributed by atoms with Gasteiger partial charge in [0.05, 0.1) is 5.01 Å². The molecule has 0 fully saturated rings. The molecule has 17 heavy (non-hydrogen) atoms. The van der Waals surface area contributed by atoms with Crippen LogP contribution >= 0.6 is 27.3 Å². The van der Waals surface area contributed by atoms with Crippen molar-refractivity contribution in [3.05, 3.63) is 50.9 Å². The topological polar surface area (TPSA) is 24.9 Å². The fourth-order valence-electron chi connectivity index (χ4n) is 1.85. The average molecular weight is 311 g/mol. The Morgan fingerprint density at radius 2 is 2.12 bits per heavy atom. The number of hydrogen-bond donors (Lipinski definition) is 1. The minimum Gasteiger partial charge on any atom is -0.319 e. The summed E-state index contributed by atoms with van der Waals surface area (Å²) in [5.74, 6) is 0.485. The molecule has 1 aromatic heterocycles. The molecular formula is C13H15BrN2S. The van der Waals surface area contributed by atoms with E-state index in [1.165, 1.54) is 10.6 Å². The molecule has 0 aliphatic carbocycles. The van der Waals surface area contributed by atoms with Crippen LogP contribution in [-0.2, 0) is 6.42 Å². The first-order chi connectivity index (χ1) is 8.29. The minimum atomic E-state index is 0.485. The molecule has 1 atom stereocenters. The Morgan fingerprint density at radius 1 is 1.35 bits per heavy atom. The Morgan fingerprint density at radius 3 is 2.71 bits per heavy atom. The molecule has 0 radical (unpaired) electrons. The van der Waals surface area contributed by atoms with Gasteiger partial charge in [-0.25, -0.2) is 4.98 Å². The molecule has 1 aromatic carbocycles. The lowest BCUT2D eigenvalue weighted by atomic mass is 9.96. The zero-order valence-corrected chi connectivity index (χ0v) is 12.1. The smallest absolute Gasteiger partial charge is 0.0931 e. The number of halogens is 1. The zero-order chi connectivity index (χ0) is 12.1. The van der Waals surface area contributed by atoms with Crippen molar-refractivity contribution in [2.24, 2.45) is 0 Å². The summed E-state index contributed by atoms with van der Waals surface area (Å²) in [7, 11) is 1.99. The summed E-state index contributed by atoms with van der Waals surface area (Å²) in [5.41, 5.74) is 1.36. The quantitative estimate of drug-likeness (QED) is 0.915. The Balaban J connectivity index is 2.13. The zero-order valence-electron chi connectivity index (χ0n) is 9.69. The number of thiazole rings is 1. The molecule has 0 saturated heterocycles. The van der Waals surface area contributed by atoms with Crippen LogP contribution in [-0.4, -0.2) is 18.6 Å². The Hall–Kier alpha value is -0.710. The predicted molar refractivity (Wildman–Crippen MR) is 76.6 cm³/mol. The third-order valence-electron chi connectivity index (χ3n) is 2.70. The lowest BCUT2D eigenvalue weighted by Crippen LogP contribution is -2.19. The molecule has 1 heterocycles.